The Morgan fingerprint density at radius 2 is 2.24 bits per heavy atom. The molecular weight excluding hydrogens is 357 g/mol. The topological polar surface area (TPSA) is 55.6 Å². The van der Waals surface area contributed by atoms with Gasteiger partial charge >= 0.3 is 0 Å². The Labute approximate surface area is 135 Å². The lowest BCUT2D eigenvalue weighted by molar-refractivity contribution is 0.510. The number of hydrogen-bond acceptors (Lipinski definition) is 5. The normalized spacial score (nSPS) is 11.0. The average Bonchev–Trinajstić information content (AvgIpc) is 2.92. The minimum Gasteiger partial charge on any atom is -0.315 e. The number of nitrogens with one attached hydrogen (secondary N) is 1. The minimum absolute atomic E-state index is 0.214. The third-order valence-electron chi connectivity index (χ3n) is 2.79. The molecule has 2 rings (SSSR count). The fourth-order valence-corrected chi connectivity index (χ4v) is 3.01. The maximum absolute atomic E-state index is 13.7. The molecule has 1 heterocycles. The monoisotopic (exact) mass is 373 g/mol. The fourth-order valence-electron chi connectivity index (χ4n) is 1.72. The van der Waals surface area contributed by atoms with E-state index in [1.165, 1.54) is 17.8 Å². The van der Waals surface area contributed by atoms with Crippen molar-refractivity contribution in [1.29, 1.82) is 0 Å². The van der Waals surface area contributed by atoms with Crippen molar-refractivity contribution in [3.8, 4) is 0 Å². The highest BCUT2D eigenvalue weighted by molar-refractivity contribution is 9.10. The third-order valence-corrected chi connectivity index (χ3v) is 4.29. The Bertz CT molecular complexity index is 577. The molecule has 0 unspecified atom stereocenters. The molecule has 8 heteroatoms. The van der Waals surface area contributed by atoms with Gasteiger partial charge in [-0.3, -0.25) is 0 Å². The van der Waals surface area contributed by atoms with Crippen LogP contribution in [0.5, 0.6) is 0 Å². The molecule has 0 bridgehead atoms. The molecule has 21 heavy (non-hydrogen) atoms. The summed E-state index contributed by atoms with van der Waals surface area (Å²) in [6.45, 7) is 4.62. The van der Waals surface area contributed by atoms with Crippen LogP contribution in [0.25, 0.3) is 0 Å². The van der Waals surface area contributed by atoms with Gasteiger partial charge in [0.15, 0.2) is 0 Å². The van der Waals surface area contributed by atoms with E-state index < -0.39 is 0 Å². The summed E-state index contributed by atoms with van der Waals surface area (Å²) in [7, 11) is 0. The molecule has 0 atom stereocenters. The van der Waals surface area contributed by atoms with Gasteiger partial charge in [0.05, 0.1) is 6.54 Å². The molecule has 0 spiro atoms. The first-order valence-electron chi connectivity index (χ1n) is 6.74. The number of tetrazole rings is 1. The van der Waals surface area contributed by atoms with Crippen LogP contribution in [0.4, 0.5) is 4.39 Å². The highest BCUT2D eigenvalue weighted by Gasteiger charge is 2.09. The number of benzene rings is 1. The van der Waals surface area contributed by atoms with Gasteiger partial charge in [-0.15, -0.1) is 5.10 Å². The van der Waals surface area contributed by atoms with Crippen LogP contribution in [-0.4, -0.2) is 33.3 Å². The SMILES string of the molecule is CCCNCCn1nnnc1SCc1cc(Br)ccc1F. The number of thioether (sulfide) groups is 1. The average molecular weight is 374 g/mol. The molecule has 0 radical (unpaired) electrons. The van der Waals surface area contributed by atoms with Crippen molar-refractivity contribution in [2.24, 2.45) is 0 Å². The molecule has 0 saturated heterocycles. The Hall–Kier alpha value is -0.990. The van der Waals surface area contributed by atoms with E-state index in [1.807, 2.05) is 0 Å². The van der Waals surface area contributed by atoms with Crippen LogP contribution < -0.4 is 5.32 Å². The molecule has 2 aromatic rings. The molecule has 0 aliphatic heterocycles. The zero-order valence-electron chi connectivity index (χ0n) is 11.7. The van der Waals surface area contributed by atoms with Crippen LogP contribution in [0.3, 0.4) is 0 Å². The summed E-state index contributed by atoms with van der Waals surface area (Å²) in [6.07, 6.45) is 1.10. The molecule has 1 aromatic carbocycles. The molecule has 114 valence electrons. The van der Waals surface area contributed by atoms with Gasteiger partial charge in [-0.25, -0.2) is 9.07 Å². The largest absolute Gasteiger partial charge is 0.315 e. The van der Waals surface area contributed by atoms with E-state index in [-0.39, 0.29) is 5.82 Å². The summed E-state index contributed by atoms with van der Waals surface area (Å²) in [6, 6.07) is 4.92. The van der Waals surface area contributed by atoms with Crippen molar-refractivity contribution in [3.63, 3.8) is 0 Å². The van der Waals surface area contributed by atoms with Gasteiger partial charge in [0.1, 0.15) is 5.82 Å². The van der Waals surface area contributed by atoms with Gasteiger partial charge < -0.3 is 5.32 Å². The lowest BCUT2D eigenvalue weighted by Gasteiger charge is -2.06. The summed E-state index contributed by atoms with van der Waals surface area (Å²) in [5.74, 6) is 0.281. The highest BCUT2D eigenvalue weighted by Crippen LogP contribution is 2.24. The summed E-state index contributed by atoms with van der Waals surface area (Å²) in [5.41, 5.74) is 0.632. The van der Waals surface area contributed by atoms with E-state index >= 15 is 0 Å². The lowest BCUT2D eigenvalue weighted by atomic mass is 10.2. The zero-order valence-corrected chi connectivity index (χ0v) is 14.1. The van der Waals surface area contributed by atoms with Gasteiger partial charge in [0.2, 0.25) is 5.16 Å². The number of halogens is 2. The molecule has 0 aliphatic carbocycles. The van der Waals surface area contributed by atoms with Crippen LogP contribution in [0.1, 0.15) is 18.9 Å². The van der Waals surface area contributed by atoms with Crippen molar-refractivity contribution in [2.75, 3.05) is 13.1 Å². The summed E-state index contributed by atoms with van der Waals surface area (Å²) in [5, 5.41) is 15.6. The standard InChI is InChI=1S/C13H17BrFN5S/c1-2-5-16-6-7-20-13(17-18-19-20)21-9-10-8-11(14)3-4-12(10)15/h3-4,8,16H,2,5-7,9H2,1H3. The summed E-state index contributed by atoms with van der Waals surface area (Å²) in [4.78, 5) is 0. The molecule has 5 nitrogen and oxygen atoms in total. The quantitative estimate of drug-likeness (QED) is 0.569. The van der Waals surface area contributed by atoms with Crippen LogP contribution in [-0.2, 0) is 12.3 Å². The molecular formula is C13H17BrFN5S. The predicted molar refractivity (Wildman–Crippen MR) is 84.6 cm³/mol. The number of hydrogen-bond donors (Lipinski definition) is 1. The molecule has 1 N–H and O–H groups in total. The van der Waals surface area contributed by atoms with Gasteiger partial charge in [-0.05, 0) is 47.2 Å². The summed E-state index contributed by atoms with van der Waals surface area (Å²) < 4.78 is 16.3. The Morgan fingerprint density at radius 3 is 3.05 bits per heavy atom. The second-order valence-corrected chi connectivity index (χ2v) is 6.32. The van der Waals surface area contributed by atoms with Crippen LogP contribution >= 0.6 is 27.7 Å². The smallest absolute Gasteiger partial charge is 0.209 e. The first-order valence-corrected chi connectivity index (χ1v) is 8.52. The van der Waals surface area contributed by atoms with E-state index in [4.69, 9.17) is 0 Å². The second kappa shape index (κ2) is 8.45. The lowest BCUT2D eigenvalue weighted by Crippen LogP contribution is -2.21. The van der Waals surface area contributed by atoms with Gasteiger partial charge in [0, 0.05) is 16.8 Å². The highest BCUT2D eigenvalue weighted by atomic mass is 79.9. The first-order chi connectivity index (χ1) is 10.2. The molecule has 0 saturated carbocycles. The maximum atomic E-state index is 13.7. The van der Waals surface area contributed by atoms with E-state index in [0.717, 1.165) is 24.0 Å². The maximum Gasteiger partial charge on any atom is 0.209 e. The van der Waals surface area contributed by atoms with E-state index in [0.29, 0.717) is 23.0 Å². The van der Waals surface area contributed by atoms with Crippen LogP contribution in [0.15, 0.2) is 27.8 Å². The van der Waals surface area contributed by atoms with Crippen molar-refractivity contribution in [2.45, 2.75) is 30.8 Å². The van der Waals surface area contributed by atoms with Crippen LogP contribution in [0, 0.1) is 5.82 Å². The van der Waals surface area contributed by atoms with Crippen molar-refractivity contribution >= 4 is 27.7 Å². The molecule has 0 fully saturated rings. The van der Waals surface area contributed by atoms with Crippen molar-refractivity contribution in [3.05, 3.63) is 34.1 Å². The molecule has 0 amide bonds. The fraction of sp³-hybridized carbons (Fsp3) is 0.462. The minimum atomic E-state index is -0.214. The third kappa shape index (κ3) is 5.05. The van der Waals surface area contributed by atoms with E-state index in [2.05, 4.69) is 43.7 Å². The Morgan fingerprint density at radius 1 is 1.38 bits per heavy atom. The number of rotatable bonds is 8. The van der Waals surface area contributed by atoms with Crippen LogP contribution in [0.2, 0.25) is 0 Å². The van der Waals surface area contributed by atoms with Gasteiger partial charge in [-0.1, -0.05) is 34.6 Å². The second-order valence-electron chi connectivity index (χ2n) is 4.46. The van der Waals surface area contributed by atoms with E-state index in [1.54, 1.807) is 16.8 Å². The zero-order chi connectivity index (χ0) is 15.1. The first kappa shape index (κ1) is 16.4. The van der Waals surface area contributed by atoms with Crippen molar-refractivity contribution in [1.82, 2.24) is 25.5 Å². The summed E-state index contributed by atoms with van der Waals surface area (Å²) >= 11 is 4.78. The van der Waals surface area contributed by atoms with Gasteiger partial charge in [0.25, 0.3) is 0 Å². The molecule has 1 aromatic heterocycles. The molecule has 0 aliphatic rings. The predicted octanol–water partition coefficient (Wildman–Crippen LogP) is 2.87. The Balaban J connectivity index is 1.91. The number of aromatic nitrogens is 4. The van der Waals surface area contributed by atoms with Gasteiger partial charge in [-0.2, -0.15) is 0 Å². The van der Waals surface area contributed by atoms with Crippen molar-refractivity contribution < 1.29 is 4.39 Å². The number of nitrogens with zero attached hydrogens (tertiary/aromatic N) is 4. The van der Waals surface area contributed by atoms with E-state index in [9.17, 15) is 4.39 Å². The Kier molecular flexibility index (Phi) is 6.59.